The van der Waals surface area contributed by atoms with Gasteiger partial charge in [-0.05, 0) is 42.9 Å². The largest absolute Gasteiger partial charge is 0.271 e. The summed E-state index contributed by atoms with van der Waals surface area (Å²) < 4.78 is 27.5. The van der Waals surface area contributed by atoms with Crippen LogP contribution in [0, 0.1) is 12.8 Å². The van der Waals surface area contributed by atoms with Crippen molar-refractivity contribution in [3.63, 3.8) is 0 Å². The minimum absolute atomic E-state index is 0.00637. The lowest BCUT2D eigenvalue weighted by molar-refractivity contribution is 0.00430. The van der Waals surface area contributed by atoms with Gasteiger partial charge in [0.05, 0.1) is 0 Å². The van der Waals surface area contributed by atoms with E-state index in [2.05, 4.69) is 21.4 Å². The first-order valence-corrected chi connectivity index (χ1v) is 7.31. The van der Waals surface area contributed by atoms with E-state index >= 15 is 0 Å². The molecule has 1 saturated carbocycles. The number of nitrogens with one attached hydrogen (secondary N) is 1. The number of halogens is 3. The van der Waals surface area contributed by atoms with Gasteiger partial charge < -0.3 is 0 Å². The maximum absolute atomic E-state index is 13.2. The second-order valence-corrected chi connectivity index (χ2v) is 6.23. The molecule has 0 bridgehead atoms. The summed E-state index contributed by atoms with van der Waals surface area (Å²) in [4.78, 5) is 0. The molecule has 0 aliphatic heterocycles. The molecule has 2 atom stereocenters. The number of hydrazine groups is 1. The first kappa shape index (κ1) is 14.9. The minimum atomic E-state index is -2.49. The summed E-state index contributed by atoms with van der Waals surface area (Å²) in [7, 11) is 0. The molecular formula is C14H19BrF2N2. The first-order chi connectivity index (χ1) is 8.93. The smallest absolute Gasteiger partial charge is 0.248 e. The lowest BCUT2D eigenvalue weighted by Gasteiger charge is -2.22. The van der Waals surface area contributed by atoms with Crippen molar-refractivity contribution in [2.45, 2.75) is 44.6 Å². The maximum Gasteiger partial charge on any atom is 0.248 e. The van der Waals surface area contributed by atoms with E-state index in [1.807, 2.05) is 25.1 Å². The molecule has 0 saturated heterocycles. The summed E-state index contributed by atoms with van der Waals surface area (Å²) in [5, 5.41) is 0. The normalized spacial score (nSPS) is 23.5. The molecule has 0 aromatic heterocycles. The highest BCUT2D eigenvalue weighted by molar-refractivity contribution is 9.10. The molecule has 19 heavy (non-hydrogen) atoms. The summed E-state index contributed by atoms with van der Waals surface area (Å²) in [6.45, 7) is 2.01. The molecule has 1 aromatic carbocycles. The minimum Gasteiger partial charge on any atom is -0.271 e. The fourth-order valence-electron chi connectivity index (χ4n) is 2.86. The van der Waals surface area contributed by atoms with Gasteiger partial charge in [-0.3, -0.25) is 11.3 Å². The van der Waals surface area contributed by atoms with Crippen LogP contribution in [-0.4, -0.2) is 5.92 Å². The van der Waals surface area contributed by atoms with Crippen LogP contribution in [0.2, 0.25) is 0 Å². The fourth-order valence-corrected chi connectivity index (χ4v) is 3.24. The van der Waals surface area contributed by atoms with Crippen molar-refractivity contribution in [1.82, 2.24) is 5.43 Å². The predicted molar refractivity (Wildman–Crippen MR) is 75.8 cm³/mol. The molecular weight excluding hydrogens is 314 g/mol. The van der Waals surface area contributed by atoms with Crippen LogP contribution in [0.1, 0.15) is 42.9 Å². The third-order valence-electron chi connectivity index (χ3n) is 3.96. The van der Waals surface area contributed by atoms with Crippen molar-refractivity contribution in [2.24, 2.45) is 11.8 Å². The maximum atomic E-state index is 13.2. The summed E-state index contributed by atoms with van der Waals surface area (Å²) >= 11 is 3.49. The highest BCUT2D eigenvalue weighted by Gasteiger charge is 2.40. The summed E-state index contributed by atoms with van der Waals surface area (Å²) in [6, 6.07) is 5.84. The highest BCUT2D eigenvalue weighted by atomic mass is 79.9. The van der Waals surface area contributed by atoms with Gasteiger partial charge in [-0.2, -0.15) is 0 Å². The quantitative estimate of drug-likeness (QED) is 0.643. The predicted octanol–water partition coefficient (Wildman–Crippen LogP) is 4.09. The first-order valence-electron chi connectivity index (χ1n) is 6.52. The molecule has 0 amide bonds. The van der Waals surface area contributed by atoms with Crippen LogP contribution in [0.25, 0.3) is 0 Å². The van der Waals surface area contributed by atoms with E-state index in [1.54, 1.807) is 0 Å². The zero-order chi connectivity index (χ0) is 14.0. The van der Waals surface area contributed by atoms with Crippen molar-refractivity contribution in [3.05, 3.63) is 33.8 Å². The Balaban J connectivity index is 2.11. The van der Waals surface area contributed by atoms with Crippen molar-refractivity contribution in [1.29, 1.82) is 0 Å². The van der Waals surface area contributed by atoms with E-state index in [-0.39, 0.29) is 24.8 Å². The molecule has 0 radical (unpaired) electrons. The number of nitrogens with two attached hydrogens (primary N) is 1. The van der Waals surface area contributed by atoms with Crippen LogP contribution in [0.5, 0.6) is 0 Å². The number of benzene rings is 1. The van der Waals surface area contributed by atoms with Gasteiger partial charge >= 0.3 is 0 Å². The van der Waals surface area contributed by atoms with Crippen LogP contribution < -0.4 is 11.3 Å². The molecule has 106 valence electrons. The molecule has 0 heterocycles. The third-order valence-corrected chi connectivity index (χ3v) is 4.82. The summed E-state index contributed by atoms with van der Waals surface area (Å²) in [6.07, 6.45) is 1.23. The molecule has 1 aliphatic rings. The molecule has 3 N–H and O–H groups in total. The Bertz CT molecular complexity index is 451. The second-order valence-electron chi connectivity index (χ2n) is 5.37. The third kappa shape index (κ3) is 3.52. The van der Waals surface area contributed by atoms with Crippen molar-refractivity contribution in [3.8, 4) is 0 Å². The van der Waals surface area contributed by atoms with Crippen LogP contribution in [0.4, 0.5) is 8.78 Å². The van der Waals surface area contributed by atoms with Gasteiger partial charge in [0.15, 0.2) is 0 Å². The van der Waals surface area contributed by atoms with Gasteiger partial charge in [-0.15, -0.1) is 0 Å². The number of alkyl halides is 2. The lowest BCUT2D eigenvalue weighted by atomic mass is 9.91. The van der Waals surface area contributed by atoms with E-state index in [9.17, 15) is 8.78 Å². The van der Waals surface area contributed by atoms with Gasteiger partial charge in [-0.25, -0.2) is 8.78 Å². The van der Waals surface area contributed by atoms with Gasteiger partial charge in [0.2, 0.25) is 5.92 Å². The Kier molecular flexibility index (Phi) is 4.58. The average molecular weight is 333 g/mol. The van der Waals surface area contributed by atoms with E-state index in [4.69, 9.17) is 5.84 Å². The van der Waals surface area contributed by atoms with Gasteiger partial charge in [-0.1, -0.05) is 28.1 Å². The summed E-state index contributed by atoms with van der Waals surface area (Å²) in [5.74, 6) is 3.16. The van der Waals surface area contributed by atoms with E-state index in [0.717, 1.165) is 15.6 Å². The Hall–Kier alpha value is -0.520. The van der Waals surface area contributed by atoms with Gasteiger partial charge in [0, 0.05) is 23.4 Å². The zero-order valence-electron chi connectivity index (χ0n) is 10.9. The molecule has 1 aromatic rings. The average Bonchev–Trinajstić information content (AvgIpc) is 2.70. The fraction of sp³-hybridized carbons (Fsp3) is 0.571. The number of hydrogen-bond acceptors (Lipinski definition) is 2. The molecule has 2 rings (SSSR count). The monoisotopic (exact) mass is 332 g/mol. The second kappa shape index (κ2) is 5.85. The van der Waals surface area contributed by atoms with Crippen molar-refractivity contribution in [2.75, 3.05) is 0 Å². The van der Waals surface area contributed by atoms with Crippen LogP contribution in [0.3, 0.4) is 0 Å². The topological polar surface area (TPSA) is 38.0 Å². The van der Waals surface area contributed by atoms with E-state index in [1.165, 1.54) is 0 Å². The SMILES string of the molecule is Cc1c(Br)cccc1C(CC1CCC(F)(F)C1)NN. The standard InChI is InChI=1S/C14H19BrF2N2/c1-9-11(3-2-4-12(9)15)13(19-18)7-10-5-6-14(16,17)8-10/h2-4,10,13,19H,5-8,18H2,1H3. The molecule has 0 spiro atoms. The number of rotatable bonds is 4. The Morgan fingerprint density at radius 1 is 1.53 bits per heavy atom. The molecule has 2 unspecified atom stereocenters. The highest BCUT2D eigenvalue weighted by Crippen LogP contribution is 2.42. The Morgan fingerprint density at radius 3 is 2.84 bits per heavy atom. The Labute approximate surface area is 120 Å². The van der Waals surface area contributed by atoms with Crippen LogP contribution >= 0.6 is 15.9 Å². The molecule has 2 nitrogen and oxygen atoms in total. The van der Waals surface area contributed by atoms with Crippen molar-refractivity contribution >= 4 is 15.9 Å². The number of hydrogen-bond donors (Lipinski definition) is 2. The van der Waals surface area contributed by atoms with Crippen LogP contribution in [-0.2, 0) is 0 Å². The lowest BCUT2D eigenvalue weighted by Crippen LogP contribution is -2.30. The van der Waals surface area contributed by atoms with Gasteiger partial charge in [0.25, 0.3) is 0 Å². The molecule has 5 heteroatoms. The van der Waals surface area contributed by atoms with E-state index in [0.29, 0.717) is 12.8 Å². The van der Waals surface area contributed by atoms with Gasteiger partial charge in [0.1, 0.15) is 0 Å². The van der Waals surface area contributed by atoms with Crippen molar-refractivity contribution < 1.29 is 8.78 Å². The molecule has 1 fully saturated rings. The summed E-state index contributed by atoms with van der Waals surface area (Å²) in [5.41, 5.74) is 4.96. The molecule has 1 aliphatic carbocycles. The van der Waals surface area contributed by atoms with E-state index < -0.39 is 5.92 Å². The zero-order valence-corrected chi connectivity index (χ0v) is 12.5. The Morgan fingerprint density at radius 2 is 2.26 bits per heavy atom. The van der Waals surface area contributed by atoms with Crippen LogP contribution in [0.15, 0.2) is 22.7 Å².